The minimum atomic E-state index is -0.300. The van der Waals surface area contributed by atoms with Gasteiger partial charge in [0.2, 0.25) is 0 Å². The number of hydrogen-bond donors (Lipinski definition) is 0. The number of hydrogen-bond acceptors (Lipinski definition) is 3. The average Bonchev–Trinajstić information content (AvgIpc) is 2.62. The van der Waals surface area contributed by atoms with Crippen LogP contribution in [0.15, 0.2) is 36.4 Å². The molecule has 0 unspecified atom stereocenters. The molecule has 0 aliphatic rings. The van der Waals surface area contributed by atoms with Crippen molar-refractivity contribution in [2.75, 3.05) is 13.2 Å². The van der Waals surface area contributed by atoms with Crippen LogP contribution in [-0.2, 0) is 0 Å². The Bertz CT molecular complexity index is 818. The number of rotatable bonds is 7. The number of nitriles is 1. The molecular formula is C22H24FNO2. The normalized spacial score (nSPS) is 11.0. The number of benzene rings is 2. The zero-order valence-electron chi connectivity index (χ0n) is 15.7. The minimum absolute atomic E-state index is 0.211. The smallest absolute Gasteiger partial charge is 0.169 e. The first-order valence-electron chi connectivity index (χ1n) is 8.82. The standard InChI is InChI=1S/C22H24FNO2/c1-5-25-20-14-19(15(3)4)18(8-7-13-24)21(22(20)26-6-2)16-9-11-17(23)12-10-16/h7-12,14-15H,5-6H2,1-4H3. The van der Waals surface area contributed by atoms with Gasteiger partial charge >= 0.3 is 0 Å². The van der Waals surface area contributed by atoms with Gasteiger partial charge in [0.05, 0.1) is 19.3 Å². The number of allylic oxidation sites excluding steroid dienone is 1. The van der Waals surface area contributed by atoms with Gasteiger partial charge in [0.1, 0.15) is 5.82 Å². The maximum absolute atomic E-state index is 13.4. The van der Waals surface area contributed by atoms with E-state index in [1.54, 1.807) is 18.2 Å². The van der Waals surface area contributed by atoms with E-state index in [2.05, 4.69) is 13.8 Å². The van der Waals surface area contributed by atoms with Crippen molar-refractivity contribution in [1.82, 2.24) is 0 Å². The van der Waals surface area contributed by atoms with E-state index in [-0.39, 0.29) is 11.7 Å². The van der Waals surface area contributed by atoms with Crippen molar-refractivity contribution in [2.24, 2.45) is 0 Å². The third-order valence-electron chi connectivity index (χ3n) is 3.99. The molecule has 2 aromatic carbocycles. The summed E-state index contributed by atoms with van der Waals surface area (Å²) in [7, 11) is 0. The first-order chi connectivity index (χ1) is 12.5. The summed E-state index contributed by atoms with van der Waals surface area (Å²) in [6, 6.07) is 10.3. The van der Waals surface area contributed by atoms with E-state index in [9.17, 15) is 4.39 Å². The number of ether oxygens (including phenoxy) is 2. The van der Waals surface area contributed by atoms with Crippen molar-refractivity contribution in [3.63, 3.8) is 0 Å². The number of nitrogens with zero attached hydrogens (tertiary/aromatic N) is 1. The monoisotopic (exact) mass is 353 g/mol. The van der Waals surface area contributed by atoms with Crippen LogP contribution < -0.4 is 9.47 Å². The molecule has 4 heteroatoms. The van der Waals surface area contributed by atoms with Crippen LogP contribution in [-0.4, -0.2) is 13.2 Å². The van der Waals surface area contributed by atoms with Gasteiger partial charge in [0, 0.05) is 11.6 Å². The summed E-state index contributed by atoms with van der Waals surface area (Å²) in [6.45, 7) is 8.98. The van der Waals surface area contributed by atoms with Crippen LogP contribution in [0.2, 0.25) is 0 Å². The highest BCUT2D eigenvalue weighted by Crippen LogP contribution is 2.45. The van der Waals surface area contributed by atoms with E-state index >= 15 is 0 Å². The lowest BCUT2D eigenvalue weighted by atomic mass is 9.88. The Hall–Kier alpha value is -2.80. The lowest BCUT2D eigenvalue weighted by Gasteiger charge is -2.22. The Morgan fingerprint density at radius 2 is 1.77 bits per heavy atom. The van der Waals surface area contributed by atoms with Crippen LogP contribution in [0, 0.1) is 17.1 Å². The van der Waals surface area contributed by atoms with Gasteiger partial charge in [-0.1, -0.05) is 26.0 Å². The van der Waals surface area contributed by atoms with Crippen molar-refractivity contribution in [3.8, 4) is 28.7 Å². The molecule has 26 heavy (non-hydrogen) atoms. The summed E-state index contributed by atoms with van der Waals surface area (Å²) >= 11 is 0. The summed E-state index contributed by atoms with van der Waals surface area (Å²) < 4.78 is 25.2. The molecule has 0 atom stereocenters. The zero-order valence-corrected chi connectivity index (χ0v) is 15.7. The highest BCUT2D eigenvalue weighted by molar-refractivity contribution is 5.85. The summed E-state index contributed by atoms with van der Waals surface area (Å²) in [5.41, 5.74) is 3.56. The zero-order chi connectivity index (χ0) is 19.1. The van der Waals surface area contributed by atoms with E-state index in [0.29, 0.717) is 24.7 Å². The molecule has 2 rings (SSSR count). The Labute approximate surface area is 154 Å². The van der Waals surface area contributed by atoms with Crippen molar-refractivity contribution >= 4 is 6.08 Å². The van der Waals surface area contributed by atoms with Crippen LogP contribution >= 0.6 is 0 Å². The molecule has 0 aliphatic carbocycles. The molecule has 136 valence electrons. The highest BCUT2D eigenvalue weighted by atomic mass is 19.1. The molecule has 3 nitrogen and oxygen atoms in total. The second-order valence-corrected chi connectivity index (χ2v) is 6.07. The number of halogens is 1. The quantitative estimate of drug-likeness (QED) is 0.578. The Kier molecular flexibility index (Phi) is 6.80. The molecule has 0 N–H and O–H groups in total. The Morgan fingerprint density at radius 3 is 2.31 bits per heavy atom. The molecule has 0 aliphatic heterocycles. The van der Waals surface area contributed by atoms with Crippen LogP contribution in [0.5, 0.6) is 11.5 Å². The molecule has 0 spiro atoms. The maximum Gasteiger partial charge on any atom is 0.169 e. The molecule has 0 heterocycles. The van der Waals surface area contributed by atoms with Crippen LogP contribution in [0.4, 0.5) is 4.39 Å². The molecule has 2 aromatic rings. The molecule has 0 saturated heterocycles. The van der Waals surface area contributed by atoms with Gasteiger partial charge in [-0.15, -0.1) is 0 Å². The predicted molar refractivity (Wildman–Crippen MR) is 103 cm³/mol. The Balaban J connectivity index is 2.89. The van der Waals surface area contributed by atoms with Gasteiger partial charge in [-0.05, 0) is 60.7 Å². The van der Waals surface area contributed by atoms with E-state index < -0.39 is 0 Å². The Morgan fingerprint density at radius 1 is 1.12 bits per heavy atom. The SMILES string of the molecule is CCOc1cc(C(C)C)c(C=CC#N)c(-c2ccc(F)cc2)c1OCC. The largest absolute Gasteiger partial charge is 0.490 e. The van der Waals surface area contributed by atoms with E-state index in [4.69, 9.17) is 14.7 Å². The van der Waals surface area contributed by atoms with E-state index in [0.717, 1.165) is 22.3 Å². The second kappa shape index (κ2) is 9.05. The lowest BCUT2D eigenvalue weighted by Crippen LogP contribution is -2.05. The summed E-state index contributed by atoms with van der Waals surface area (Å²) in [6.07, 6.45) is 3.23. The van der Waals surface area contributed by atoms with Crippen molar-refractivity contribution < 1.29 is 13.9 Å². The van der Waals surface area contributed by atoms with Crippen molar-refractivity contribution in [3.05, 3.63) is 53.4 Å². The van der Waals surface area contributed by atoms with Gasteiger partial charge < -0.3 is 9.47 Å². The fourth-order valence-electron chi connectivity index (χ4n) is 2.91. The minimum Gasteiger partial charge on any atom is -0.490 e. The molecular weight excluding hydrogens is 329 g/mol. The molecule has 0 aromatic heterocycles. The van der Waals surface area contributed by atoms with Gasteiger partial charge in [0.15, 0.2) is 11.5 Å². The average molecular weight is 353 g/mol. The van der Waals surface area contributed by atoms with E-state index in [1.165, 1.54) is 18.2 Å². The summed E-state index contributed by atoms with van der Waals surface area (Å²) in [4.78, 5) is 0. The third kappa shape index (κ3) is 4.23. The second-order valence-electron chi connectivity index (χ2n) is 6.07. The molecule has 0 saturated carbocycles. The third-order valence-corrected chi connectivity index (χ3v) is 3.99. The van der Waals surface area contributed by atoms with Gasteiger partial charge in [-0.25, -0.2) is 4.39 Å². The van der Waals surface area contributed by atoms with Crippen LogP contribution in [0.1, 0.15) is 44.7 Å². The summed E-state index contributed by atoms with van der Waals surface area (Å²) in [5.74, 6) is 1.18. The molecule has 0 bridgehead atoms. The summed E-state index contributed by atoms with van der Waals surface area (Å²) in [5, 5.41) is 9.02. The fraction of sp³-hybridized carbons (Fsp3) is 0.318. The highest BCUT2D eigenvalue weighted by Gasteiger charge is 2.21. The first-order valence-corrected chi connectivity index (χ1v) is 8.82. The molecule has 0 fully saturated rings. The molecule has 0 amide bonds. The van der Waals surface area contributed by atoms with Crippen LogP contribution in [0.25, 0.3) is 17.2 Å². The van der Waals surface area contributed by atoms with E-state index in [1.807, 2.05) is 26.0 Å². The van der Waals surface area contributed by atoms with Gasteiger partial charge in [-0.2, -0.15) is 5.26 Å². The lowest BCUT2D eigenvalue weighted by molar-refractivity contribution is 0.288. The topological polar surface area (TPSA) is 42.2 Å². The first kappa shape index (κ1) is 19.5. The van der Waals surface area contributed by atoms with Crippen molar-refractivity contribution in [1.29, 1.82) is 5.26 Å². The molecule has 0 radical (unpaired) electrons. The van der Waals surface area contributed by atoms with Gasteiger partial charge in [-0.3, -0.25) is 0 Å². The maximum atomic E-state index is 13.4. The fourth-order valence-corrected chi connectivity index (χ4v) is 2.91. The predicted octanol–water partition coefficient (Wildman–Crippen LogP) is 5.95. The van der Waals surface area contributed by atoms with Crippen LogP contribution in [0.3, 0.4) is 0 Å². The van der Waals surface area contributed by atoms with Gasteiger partial charge in [0.25, 0.3) is 0 Å². The van der Waals surface area contributed by atoms with Crippen molar-refractivity contribution in [2.45, 2.75) is 33.6 Å².